The monoisotopic (exact) mass is 1050 g/mol. The molecule has 4 aromatic heterocycles. The summed E-state index contributed by atoms with van der Waals surface area (Å²) >= 11 is 9.52. The first-order valence-corrected chi connectivity index (χ1v) is 25.9. The molecule has 0 spiro atoms. The zero-order valence-corrected chi connectivity index (χ0v) is 43.7. The van der Waals surface area contributed by atoms with Gasteiger partial charge in [0.1, 0.15) is 16.5 Å². The smallest absolute Gasteiger partial charge is 0.293 e. The Hall–Kier alpha value is -6.01. The van der Waals surface area contributed by atoms with Crippen molar-refractivity contribution in [3.63, 3.8) is 0 Å². The maximum absolute atomic E-state index is 13.0. The Balaban J connectivity index is 0.743. The Morgan fingerprint density at radius 3 is 2.33 bits per heavy atom. The number of ether oxygens (including phenoxy) is 4. The van der Waals surface area contributed by atoms with E-state index in [0.29, 0.717) is 129 Å². The Morgan fingerprint density at radius 1 is 0.903 bits per heavy atom. The molecule has 5 aromatic rings. The van der Waals surface area contributed by atoms with E-state index in [1.807, 2.05) is 4.90 Å². The summed E-state index contributed by atoms with van der Waals surface area (Å²) in [6.07, 6.45) is 7.63. The van der Waals surface area contributed by atoms with Crippen LogP contribution in [0.3, 0.4) is 0 Å². The summed E-state index contributed by atoms with van der Waals surface area (Å²) in [6.45, 7) is 9.63. The Labute approximate surface area is 430 Å². The van der Waals surface area contributed by atoms with E-state index in [9.17, 15) is 24.0 Å². The molecule has 2 saturated heterocycles. The number of thiazole rings is 1. The highest BCUT2D eigenvalue weighted by Gasteiger charge is 2.29. The van der Waals surface area contributed by atoms with Crippen LogP contribution in [0, 0.1) is 11.8 Å². The van der Waals surface area contributed by atoms with Gasteiger partial charge in [0.25, 0.3) is 11.5 Å². The van der Waals surface area contributed by atoms with E-state index in [1.165, 1.54) is 36.3 Å². The van der Waals surface area contributed by atoms with E-state index >= 15 is 0 Å². The number of methoxy groups -OCH3 is 1. The van der Waals surface area contributed by atoms with Crippen LogP contribution in [0.5, 0.6) is 11.5 Å². The number of likely N-dealkylation sites (N-methyl/N-ethyl adjacent to an activating group) is 1. The van der Waals surface area contributed by atoms with Crippen molar-refractivity contribution in [3.05, 3.63) is 63.8 Å². The molecular formula is C48H62ClN11O10S2. The zero-order chi connectivity index (χ0) is 51.4. The Kier molecular flexibility index (Phi) is 18.7. The summed E-state index contributed by atoms with van der Waals surface area (Å²) in [4.78, 5) is 85.4. The van der Waals surface area contributed by atoms with Crippen LogP contribution in [0.4, 0.5) is 22.6 Å². The fraction of sp³-hybridized carbons (Fsp3) is 0.521. The van der Waals surface area contributed by atoms with Crippen LogP contribution in [0.25, 0.3) is 10.9 Å². The van der Waals surface area contributed by atoms with Crippen LogP contribution >= 0.6 is 34.7 Å². The maximum atomic E-state index is 13.0. The third-order valence-electron chi connectivity index (χ3n) is 12.2. The number of nitrogens with zero attached hydrogens (tertiary/aromatic N) is 7. The molecule has 0 aliphatic carbocycles. The summed E-state index contributed by atoms with van der Waals surface area (Å²) in [7, 11) is 4.58. The van der Waals surface area contributed by atoms with Crippen LogP contribution in [0.1, 0.15) is 64.5 Å². The van der Waals surface area contributed by atoms with Gasteiger partial charge in [-0.15, -0.1) is 11.8 Å². The number of aryl methyl sites for hydroxylation is 1. The average molecular weight is 1050 g/mol. The van der Waals surface area contributed by atoms with Crippen LogP contribution in [0.2, 0.25) is 5.02 Å². The lowest BCUT2D eigenvalue weighted by molar-refractivity contribution is -0.135. The van der Waals surface area contributed by atoms with Crippen molar-refractivity contribution in [3.8, 4) is 11.5 Å². The molecule has 24 heteroatoms. The minimum atomic E-state index is -0.422. The standard InChI is InChI=1S/C48H62ClN11O10S2/c1-48(2,3)36-25-52-38(70-36)28-71-40-26-54-47(72-40)57-44(64)30-7-13-59(14-8-30)39(62)11-17-67-19-20-68-18-12-51-43(63)29-9-15-60(16-10-29)46-53-24-33(49)42(56-46)55-32-21-31-22-35(69-27-37(61)50-4)45(65)58(5)41(31)34(23-32)66-6/h21-26,29-30H,7-20,27-28H2,1-6H3,(H,50,61)(H,51,63)(H,53,55,56)(H,54,57,64). The minimum absolute atomic E-state index is 0.00772. The molecule has 2 aliphatic rings. The topological polar surface area (TPSA) is 246 Å². The van der Waals surface area contributed by atoms with Crippen molar-refractivity contribution in [1.29, 1.82) is 0 Å². The number of piperidine rings is 2. The number of anilines is 4. The molecule has 0 radical (unpaired) electrons. The number of amides is 4. The largest absolute Gasteiger partial charge is 0.494 e. The molecule has 2 fully saturated rings. The molecule has 4 N–H and O–H groups in total. The fourth-order valence-electron chi connectivity index (χ4n) is 8.06. The van der Waals surface area contributed by atoms with Gasteiger partial charge < -0.3 is 59.0 Å². The van der Waals surface area contributed by atoms with E-state index in [0.717, 1.165) is 9.97 Å². The first-order chi connectivity index (χ1) is 34.6. The summed E-state index contributed by atoms with van der Waals surface area (Å²) in [5.74, 6) is 2.41. The number of halogens is 1. The average Bonchev–Trinajstić information content (AvgIpc) is 4.06. The first kappa shape index (κ1) is 53.8. The zero-order valence-electron chi connectivity index (χ0n) is 41.3. The normalized spacial score (nSPS) is 14.6. The van der Waals surface area contributed by atoms with Gasteiger partial charge in [0.2, 0.25) is 29.6 Å². The molecule has 21 nitrogen and oxygen atoms in total. The predicted octanol–water partition coefficient (Wildman–Crippen LogP) is 5.53. The maximum Gasteiger partial charge on any atom is 0.293 e. The lowest BCUT2D eigenvalue weighted by atomic mass is 9.94. The first-order valence-electron chi connectivity index (χ1n) is 23.8. The molecule has 72 heavy (non-hydrogen) atoms. The van der Waals surface area contributed by atoms with Gasteiger partial charge in [-0.05, 0) is 37.8 Å². The number of aromatic nitrogens is 5. The van der Waals surface area contributed by atoms with Gasteiger partial charge in [-0.2, -0.15) is 4.98 Å². The van der Waals surface area contributed by atoms with Crippen molar-refractivity contribution in [2.75, 3.05) is 95.4 Å². The highest BCUT2D eigenvalue weighted by molar-refractivity contribution is 8.00. The molecule has 0 atom stereocenters. The number of hydrogen-bond acceptors (Lipinski definition) is 18. The second kappa shape index (κ2) is 25.1. The molecule has 2 aliphatic heterocycles. The summed E-state index contributed by atoms with van der Waals surface area (Å²) in [6, 6.07) is 5.07. The van der Waals surface area contributed by atoms with Gasteiger partial charge in [0, 0.05) is 81.2 Å². The number of oxazole rings is 1. The quantitative estimate of drug-likeness (QED) is 0.0492. The van der Waals surface area contributed by atoms with Gasteiger partial charge in [0.15, 0.2) is 23.3 Å². The molecule has 0 unspecified atom stereocenters. The van der Waals surface area contributed by atoms with Crippen molar-refractivity contribution < 1.29 is 42.5 Å². The highest BCUT2D eigenvalue weighted by Crippen LogP contribution is 2.35. The van der Waals surface area contributed by atoms with Crippen molar-refractivity contribution in [2.45, 2.75) is 68.3 Å². The van der Waals surface area contributed by atoms with E-state index in [2.05, 4.69) is 57.0 Å². The van der Waals surface area contributed by atoms with E-state index in [-0.39, 0.29) is 71.3 Å². The molecule has 0 saturated carbocycles. The lowest BCUT2D eigenvalue weighted by Crippen LogP contribution is -2.42. The number of thioether (sulfide) groups is 1. The molecule has 6 heterocycles. The number of likely N-dealkylation sites (tertiary alicyclic amines) is 1. The van der Waals surface area contributed by atoms with Crippen molar-refractivity contribution in [1.82, 2.24) is 40.0 Å². The number of hydrogen-bond donors (Lipinski definition) is 4. The highest BCUT2D eigenvalue weighted by atomic mass is 35.5. The van der Waals surface area contributed by atoms with Crippen LogP contribution in [-0.4, -0.2) is 133 Å². The molecule has 0 bridgehead atoms. The summed E-state index contributed by atoms with van der Waals surface area (Å²) < 4.78 is 30.7. The van der Waals surface area contributed by atoms with Crippen LogP contribution < -0.4 is 41.2 Å². The lowest BCUT2D eigenvalue weighted by Gasteiger charge is -2.31. The fourth-order valence-corrected chi connectivity index (χ4v) is 9.93. The molecule has 388 valence electrons. The van der Waals surface area contributed by atoms with Crippen LogP contribution in [0.15, 0.2) is 50.2 Å². The number of pyridine rings is 1. The number of rotatable bonds is 22. The number of fused-ring (bicyclic) bond motifs is 1. The second-order valence-corrected chi connectivity index (χ2v) is 21.0. The SMILES string of the molecule is CNC(=O)COc1cc2cc(Nc3nc(N4CCC(C(=O)NCCOCCOCCC(=O)N5CCC(C(=O)Nc6ncc(SCc7ncc(C(C)(C)C)o7)s6)CC5)CC4)ncc3Cl)cc(OC)c2n(C)c1=O. The molecular weight excluding hydrogens is 990 g/mol. The number of carbonyl (C=O) groups is 4. The number of benzene rings is 1. The third-order valence-corrected chi connectivity index (χ3v) is 14.6. The predicted molar refractivity (Wildman–Crippen MR) is 275 cm³/mol. The van der Waals surface area contributed by atoms with Gasteiger partial charge in [-0.1, -0.05) is 43.7 Å². The van der Waals surface area contributed by atoms with E-state index in [4.69, 9.17) is 39.9 Å². The molecule has 4 amide bonds. The number of nitrogens with one attached hydrogen (secondary N) is 4. The minimum Gasteiger partial charge on any atom is -0.494 e. The van der Waals surface area contributed by atoms with Gasteiger partial charge >= 0.3 is 0 Å². The molecule has 7 rings (SSSR count). The number of carbonyl (C=O) groups excluding carboxylic acids is 4. The second-order valence-electron chi connectivity index (χ2n) is 18.3. The summed E-state index contributed by atoms with van der Waals surface area (Å²) in [5.41, 5.74) is 0.575. The van der Waals surface area contributed by atoms with Gasteiger partial charge in [-0.3, -0.25) is 24.0 Å². The van der Waals surface area contributed by atoms with Gasteiger partial charge in [0.05, 0.1) is 74.0 Å². The van der Waals surface area contributed by atoms with Crippen molar-refractivity contribution in [2.24, 2.45) is 18.9 Å². The summed E-state index contributed by atoms with van der Waals surface area (Å²) in [5, 5.41) is 13.1. The van der Waals surface area contributed by atoms with E-state index in [1.54, 1.807) is 54.3 Å². The third kappa shape index (κ3) is 14.4. The Morgan fingerprint density at radius 2 is 1.62 bits per heavy atom. The van der Waals surface area contributed by atoms with E-state index < -0.39 is 5.56 Å². The van der Waals surface area contributed by atoms with Gasteiger partial charge in [-0.25, -0.2) is 15.0 Å². The Bertz CT molecular complexity index is 2750. The van der Waals surface area contributed by atoms with Crippen molar-refractivity contribution >= 4 is 91.8 Å². The molecule has 1 aromatic carbocycles. The van der Waals surface area contributed by atoms with Crippen LogP contribution in [-0.2, 0) is 46.9 Å².